The molecule has 0 saturated carbocycles. The number of benzene rings is 2. The van der Waals surface area contributed by atoms with Gasteiger partial charge < -0.3 is 14.6 Å². The predicted octanol–water partition coefficient (Wildman–Crippen LogP) is 4.42. The first-order valence-electron chi connectivity index (χ1n) is 8.93. The molecule has 1 aromatic heterocycles. The Morgan fingerprint density at radius 2 is 1.71 bits per heavy atom. The summed E-state index contributed by atoms with van der Waals surface area (Å²) < 4.78 is 45.0. The Balaban J connectivity index is 2.22. The van der Waals surface area contributed by atoms with Gasteiger partial charge in [0.15, 0.2) is 0 Å². The highest BCUT2D eigenvalue weighted by atomic mass is 19.1. The zero-order chi connectivity index (χ0) is 20.3. The number of hydrogen-bond acceptors (Lipinski definition) is 2. The Bertz CT molecular complexity index is 1130. The van der Waals surface area contributed by atoms with E-state index >= 15 is 0 Å². The largest absolute Gasteiger partial charge is 0.481 e. The van der Waals surface area contributed by atoms with Gasteiger partial charge in [-0.3, -0.25) is 4.79 Å². The van der Waals surface area contributed by atoms with Gasteiger partial charge in [-0.05, 0) is 31.0 Å². The fourth-order valence-electron chi connectivity index (χ4n) is 4.35. The monoisotopic (exact) mass is 388 g/mol. The van der Waals surface area contributed by atoms with Gasteiger partial charge in [0.1, 0.15) is 17.5 Å². The van der Waals surface area contributed by atoms with E-state index in [2.05, 4.69) is 4.57 Å². The van der Waals surface area contributed by atoms with Crippen LogP contribution in [-0.2, 0) is 17.8 Å². The van der Waals surface area contributed by atoms with Crippen LogP contribution in [0.5, 0.6) is 0 Å². The fraction of sp³-hybridized carbons (Fsp3) is 0.286. The smallest absolute Gasteiger partial charge is 0.307 e. The lowest BCUT2D eigenvalue weighted by Gasteiger charge is -2.31. The van der Waals surface area contributed by atoms with E-state index in [1.807, 2.05) is 24.9 Å². The summed E-state index contributed by atoms with van der Waals surface area (Å²) in [6, 6.07) is 3.07. The molecule has 0 aliphatic carbocycles. The zero-order valence-electron chi connectivity index (χ0n) is 15.7. The summed E-state index contributed by atoms with van der Waals surface area (Å²) in [5.41, 5.74) is 3.39. The molecule has 4 nitrogen and oxygen atoms in total. The van der Waals surface area contributed by atoms with Crippen LogP contribution in [0, 0.1) is 31.3 Å². The van der Waals surface area contributed by atoms with E-state index in [4.69, 9.17) is 0 Å². The first-order valence-corrected chi connectivity index (χ1v) is 8.93. The van der Waals surface area contributed by atoms with Crippen LogP contribution in [0.15, 0.2) is 18.2 Å². The average molecular weight is 388 g/mol. The van der Waals surface area contributed by atoms with Gasteiger partial charge in [-0.15, -0.1) is 0 Å². The molecule has 0 saturated heterocycles. The van der Waals surface area contributed by atoms with E-state index in [1.165, 1.54) is 0 Å². The highest BCUT2D eigenvalue weighted by Gasteiger charge is 2.29. The van der Waals surface area contributed by atoms with Crippen LogP contribution < -0.4 is 4.90 Å². The minimum atomic E-state index is -1.10. The van der Waals surface area contributed by atoms with Gasteiger partial charge in [0.05, 0.1) is 23.2 Å². The maximum atomic E-state index is 14.7. The van der Waals surface area contributed by atoms with Crippen LogP contribution in [-0.4, -0.2) is 29.2 Å². The van der Waals surface area contributed by atoms with Gasteiger partial charge in [-0.25, -0.2) is 13.2 Å². The molecule has 1 N–H and O–H groups in total. The molecule has 2 aromatic carbocycles. The maximum absolute atomic E-state index is 14.7. The van der Waals surface area contributed by atoms with Crippen molar-refractivity contribution in [3.8, 4) is 11.1 Å². The highest BCUT2D eigenvalue weighted by molar-refractivity contribution is 6.07. The summed E-state index contributed by atoms with van der Waals surface area (Å²) in [6.07, 6.45) is -0.390. The fourth-order valence-corrected chi connectivity index (χ4v) is 4.35. The number of anilines is 1. The molecule has 0 amide bonds. The summed E-state index contributed by atoms with van der Waals surface area (Å²) in [7, 11) is 1.91. The molecule has 3 aromatic rings. The number of aliphatic carboxylic acids is 1. The number of carbonyl (C=O) groups is 1. The number of rotatable bonds is 3. The molecule has 0 unspecified atom stereocenters. The van der Waals surface area contributed by atoms with Crippen molar-refractivity contribution in [2.24, 2.45) is 0 Å². The molecular formula is C21H19F3N2O2. The van der Waals surface area contributed by atoms with E-state index in [1.54, 1.807) is 6.92 Å². The lowest BCUT2D eigenvalue weighted by atomic mass is 9.88. The molecular weight excluding hydrogens is 369 g/mol. The number of likely N-dealkylation sites (N-methyl/N-ethyl adjacent to an activating group) is 1. The van der Waals surface area contributed by atoms with Crippen molar-refractivity contribution in [3.63, 3.8) is 0 Å². The SMILES string of the molecule is Cc1c(CC(=O)O)c(-c2c(F)cc(F)cc2F)c2cc(C)n3c2c1N(C)CC3. The number of carboxylic acids is 1. The molecule has 4 rings (SSSR count). The van der Waals surface area contributed by atoms with Crippen LogP contribution in [0.1, 0.15) is 16.8 Å². The Morgan fingerprint density at radius 1 is 1.07 bits per heavy atom. The minimum Gasteiger partial charge on any atom is -0.481 e. The maximum Gasteiger partial charge on any atom is 0.307 e. The van der Waals surface area contributed by atoms with Crippen LogP contribution in [0.2, 0.25) is 0 Å². The third kappa shape index (κ3) is 2.57. The van der Waals surface area contributed by atoms with Crippen molar-refractivity contribution >= 4 is 22.6 Å². The Hall–Kier alpha value is -2.96. The van der Waals surface area contributed by atoms with E-state index in [9.17, 15) is 23.1 Å². The molecule has 0 bridgehead atoms. The van der Waals surface area contributed by atoms with Crippen molar-refractivity contribution < 1.29 is 23.1 Å². The quantitative estimate of drug-likeness (QED) is 0.723. The summed E-state index contributed by atoms with van der Waals surface area (Å²) in [4.78, 5) is 13.6. The second-order valence-corrected chi connectivity index (χ2v) is 7.26. The van der Waals surface area contributed by atoms with Gasteiger partial charge in [-0.2, -0.15) is 0 Å². The normalized spacial score (nSPS) is 13.4. The molecule has 0 radical (unpaired) electrons. The van der Waals surface area contributed by atoms with Crippen LogP contribution in [0.3, 0.4) is 0 Å². The van der Waals surface area contributed by atoms with Gasteiger partial charge in [0, 0.05) is 48.9 Å². The van der Waals surface area contributed by atoms with E-state index in [0.717, 1.165) is 23.4 Å². The number of carboxylic acid groups (broad SMARTS) is 1. The molecule has 0 spiro atoms. The summed E-state index contributed by atoms with van der Waals surface area (Å²) >= 11 is 0. The third-order valence-corrected chi connectivity index (χ3v) is 5.53. The van der Waals surface area contributed by atoms with Gasteiger partial charge in [-0.1, -0.05) is 0 Å². The molecule has 28 heavy (non-hydrogen) atoms. The third-order valence-electron chi connectivity index (χ3n) is 5.53. The molecule has 1 aliphatic rings. The van der Waals surface area contributed by atoms with Crippen molar-refractivity contribution in [1.82, 2.24) is 4.57 Å². The second kappa shape index (κ2) is 6.29. The van der Waals surface area contributed by atoms with Crippen molar-refractivity contribution in [2.75, 3.05) is 18.5 Å². The Labute approximate surface area is 159 Å². The van der Waals surface area contributed by atoms with Crippen LogP contribution in [0.25, 0.3) is 22.0 Å². The summed E-state index contributed by atoms with van der Waals surface area (Å²) in [5.74, 6) is -4.21. The van der Waals surface area contributed by atoms with Gasteiger partial charge in [0.25, 0.3) is 0 Å². The molecule has 146 valence electrons. The lowest BCUT2D eigenvalue weighted by Crippen LogP contribution is -2.29. The standard InChI is InChI=1S/C21H19F3N2O2/c1-10-6-14-18(19-15(23)7-12(22)8-16(19)24)13(9-17(27)28)11(2)20-21(14)26(10)5-4-25(20)3/h6-8H,4-5,9H2,1-3H3,(H,27,28). The van der Waals surface area contributed by atoms with E-state index < -0.39 is 35.4 Å². The second-order valence-electron chi connectivity index (χ2n) is 7.26. The molecule has 0 fully saturated rings. The average Bonchev–Trinajstić information content (AvgIpc) is 2.91. The first-order chi connectivity index (χ1) is 13.2. The molecule has 7 heteroatoms. The summed E-state index contributed by atoms with van der Waals surface area (Å²) in [6.45, 7) is 5.13. The first kappa shape index (κ1) is 18.4. The minimum absolute atomic E-state index is 0.186. The van der Waals surface area contributed by atoms with Crippen molar-refractivity contribution in [1.29, 1.82) is 0 Å². The van der Waals surface area contributed by atoms with Crippen LogP contribution in [0.4, 0.5) is 18.9 Å². The lowest BCUT2D eigenvalue weighted by molar-refractivity contribution is -0.136. The Morgan fingerprint density at radius 3 is 2.32 bits per heavy atom. The summed E-state index contributed by atoms with van der Waals surface area (Å²) in [5, 5.41) is 10.0. The number of aromatic nitrogens is 1. The van der Waals surface area contributed by atoms with Crippen molar-refractivity contribution in [3.05, 3.63) is 52.5 Å². The highest BCUT2D eigenvalue weighted by Crippen LogP contribution is 2.45. The van der Waals surface area contributed by atoms with E-state index in [0.29, 0.717) is 35.2 Å². The molecule has 2 heterocycles. The Kier molecular flexibility index (Phi) is 4.14. The molecule has 1 aliphatic heterocycles. The number of hydrogen-bond donors (Lipinski definition) is 1. The van der Waals surface area contributed by atoms with Gasteiger partial charge in [0.2, 0.25) is 0 Å². The van der Waals surface area contributed by atoms with Gasteiger partial charge >= 0.3 is 5.97 Å². The van der Waals surface area contributed by atoms with Crippen molar-refractivity contribution in [2.45, 2.75) is 26.8 Å². The number of aryl methyl sites for hydroxylation is 1. The van der Waals surface area contributed by atoms with Crippen LogP contribution >= 0.6 is 0 Å². The molecule has 0 atom stereocenters. The predicted molar refractivity (Wildman–Crippen MR) is 101 cm³/mol. The number of nitrogens with zero attached hydrogens (tertiary/aromatic N) is 2. The van der Waals surface area contributed by atoms with E-state index in [-0.39, 0.29) is 5.56 Å². The number of halogens is 3. The zero-order valence-corrected chi connectivity index (χ0v) is 15.7. The topological polar surface area (TPSA) is 45.5 Å².